The van der Waals surface area contributed by atoms with Crippen LogP contribution in [0.3, 0.4) is 0 Å². The molecule has 0 bridgehead atoms. The molecule has 0 amide bonds. The molecule has 2 aliphatic rings. The first-order chi connectivity index (χ1) is 50.9. The number of rotatable bonds is 34. The summed E-state index contributed by atoms with van der Waals surface area (Å²) in [6.45, 7) is 14.5. The molecule has 5 heterocycles. The maximum Gasteiger partial charge on any atom is 0.114 e. The van der Waals surface area contributed by atoms with Gasteiger partial charge in [0.1, 0.15) is 11.0 Å². The van der Waals surface area contributed by atoms with Crippen LogP contribution in [0.5, 0.6) is 0 Å². The lowest BCUT2D eigenvalue weighted by Gasteiger charge is -2.43. The summed E-state index contributed by atoms with van der Waals surface area (Å²) < 4.78 is 9.88. The molecule has 2 aliphatic carbocycles. The number of aryl methyl sites for hydroxylation is 6. The van der Waals surface area contributed by atoms with Gasteiger partial charge in [-0.25, -0.2) is 0 Å². The van der Waals surface area contributed by atoms with Crippen molar-refractivity contribution in [3.8, 4) is 51.5 Å². The third kappa shape index (κ3) is 19.3. The van der Waals surface area contributed by atoms with Crippen LogP contribution in [0.15, 0.2) is 158 Å². The normalized spacial score (nSPS) is 13.6. The summed E-state index contributed by atoms with van der Waals surface area (Å²) >= 11 is 9.04. The van der Waals surface area contributed by atoms with Gasteiger partial charge >= 0.3 is 0 Å². The van der Waals surface area contributed by atoms with Crippen molar-refractivity contribution < 1.29 is 0 Å². The monoisotopic (exact) mass is 1810 g/mol. The van der Waals surface area contributed by atoms with Gasteiger partial charge in [-0.15, -0.1) is 135 Å². The number of aromatic nitrogens is 2. The molecule has 0 fully saturated rings. The van der Waals surface area contributed by atoms with Crippen LogP contribution >= 0.6 is 202 Å². The lowest BCUT2D eigenvalue weighted by Crippen LogP contribution is -2.30. The van der Waals surface area contributed by atoms with Gasteiger partial charge in [0.05, 0.1) is 22.6 Å². The van der Waals surface area contributed by atoms with Crippen molar-refractivity contribution in [2.75, 3.05) is 0 Å². The Balaban J connectivity index is 0.000000508. The van der Waals surface area contributed by atoms with Crippen molar-refractivity contribution in [2.24, 2.45) is 0 Å². The third-order valence-electron chi connectivity index (χ3n) is 20.6. The fourth-order valence-corrected chi connectivity index (χ4v) is 230. The SMILES string of the molecule is CCCCCCc1ccc(C2(c3ccc(CCCCCC)cc3)c3cc4c(cc3-c3sc(C)cc32)C(c2ccc(CCCCCC)cc2)(c2ccc(CCCCCC)cc2)c2cc(-c3ccc(-c5ccc(-c6ccc(C)s6)c6nsnc56)s3)sc2-4)cc1.PP(P)P(P(P)P)P(P(P)P)P(P(P)P)P(P)P. The van der Waals surface area contributed by atoms with E-state index in [1.165, 1.54) is 237 Å². The van der Waals surface area contributed by atoms with E-state index < -0.39 is 10.8 Å². The van der Waals surface area contributed by atoms with Crippen molar-refractivity contribution in [1.29, 1.82) is 0 Å². The van der Waals surface area contributed by atoms with Crippen molar-refractivity contribution >= 4 is 213 Å². The molecule has 10 unspecified atom stereocenters. The van der Waals surface area contributed by atoms with E-state index in [1.807, 2.05) is 45.3 Å². The predicted octanol–water partition coefficient (Wildman–Crippen LogP) is 34.9. The minimum atomic E-state index is -0.568. The molecule has 105 heavy (non-hydrogen) atoms. The number of benzene rings is 6. The highest BCUT2D eigenvalue weighted by Crippen LogP contribution is 3.28. The zero-order valence-electron chi connectivity index (χ0n) is 61.4. The molecule has 0 N–H and O–H groups in total. The Hall–Kier alpha value is 1.68. The summed E-state index contributed by atoms with van der Waals surface area (Å²) in [6.07, 6.45) is 24.7. The lowest BCUT2D eigenvalue weighted by molar-refractivity contribution is 0.666. The Morgan fingerprint density at radius 2 is 0.638 bits per heavy atom. The average molecular weight is 1810 g/mol. The zero-order chi connectivity index (χ0) is 74.1. The van der Waals surface area contributed by atoms with Crippen LogP contribution in [-0.2, 0) is 36.5 Å². The molecule has 0 spiro atoms. The molecule has 10 atom stereocenters. The van der Waals surface area contributed by atoms with E-state index in [4.69, 9.17) is 8.75 Å². The Morgan fingerprint density at radius 1 is 0.295 bits per heavy atom. The van der Waals surface area contributed by atoms with Crippen molar-refractivity contribution in [3.63, 3.8) is 0 Å². The van der Waals surface area contributed by atoms with E-state index in [2.05, 4.69) is 289 Å². The van der Waals surface area contributed by atoms with Gasteiger partial charge in [0.2, 0.25) is 0 Å². The van der Waals surface area contributed by atoms with Crippen molar-refractivity contribution in [2.45, 2.75) is 181 Å². The maximum atomic E-state index is 4.97. The fourth-order valence-electron chi connectivity index (χ4n) is 15.5. The molecule has 0 aliphatic heterocycles. The van der Waals surface area contributed by atoms with Crippen LogP contribution in [0.25, 0.3) is 62.6 Å². The quantitative estimate of drug-likeness (QED) is 0.0297. The fraction of sp³-hybridized carbons (Fsp3) is 0.350. The Morgan fingerprint density at radius 3 is 0.990 bits per heavy atom. The second kappa shape index (κ2) is 40.7. The summed E-state index contributed by atoms with van der Waals surface area (Å²) in [5.41, 5.74) is 22.8. The van der Waals surface area contributed by atoms with Gasteiger partial charge in [-0.2, -0.15) is 8.75 Å². The van der Waals surface area contributed by atoms with E-state index in [-0.39, 0.29) is 55.9 Å². The van der Waals surface area contributed by atoms with Crippen LogP contribution in [0.4, 0.5) is 0 Å². The van der Waals surface area contributed by atoms with E-state index in [0.29, 0.717) is 0 Å². The van der Waals surface area contributed by atoms with Gasteiger partial charge in [0, 0.05) is 50.1 Å². The molecule has 25 heteroatoms. The molecular weight excluding hydrogens is 1710 g/mol. The second-order valence-electron chi connectivity index (χ2n) is 27.8. The van der Waals surface area contributed by atoms with Crippen molar-refractivity contribution in [3.05, 3.63) is 234 Å². The number of fused-ring (bicyclic) bond motifs is 7. The zero-order valence-corrected chi connectivity index (χ0v) is 84.2. The van der Waals surface area contributed by atoms with Crippen LogP contribution in [0.2, 0.25) is 0 Å². The van der Waals surface area contributed by atoms with Crippen LogP contribution < -0.4 is 0 Å². The molecule has 13 rings (SSSR count). The first kappa shape index (κ1) is 86.0. The summed E-state index contributed by atoms with van der Waals surface area (Å²) in [5.74, 6) is 0. The minimum absolute atomic E-state index is 0.0415. The van der Waals surface area contributed by atoms with E-state index >= 15 is 0 Å². The van der Waals surface area contributed by atoms with Crippen LogP contribution in [-0.4, -0.2) is 8.75 Å². The van der Waals surface area contributed by atoms with Gasteiger partial charge in [0.15, 0.2) is 0 Å². The molecule has 5 aromatic heterocycles. The Kier molecular flexibility index (Phi) is 33.3. The van der Waals surface area contributed by atoms with E-state index in [1.54, 1.807) is 0 Å². The number of nitrogens with zero attached hydrogens (tertiary/aromatic N) is 2. The highest BCUT2D eigenvalue weighted by molar-refractivity contribution is 9.33. The molecule has 0 saturated heterocycles. The Labute approximate surface area is 681 Å². The molecule has 6 aromatic carbocycles. The van der Waals surface area contributed by atoms with Gasteiger partial charge < -0.3 is 0 Å². The van der Waals surface area contributed by atoms with E-state index in [0.717, 1.165) is 42.3 Å². The molecular formula is C80H104N2P18S5. The van der Waals surface area contributed by atoms with Gasteiger partial charge in [-0.3, -0.25) is 0 Å². The summed E-state index contributed by atoms with van der Waals surface area (Å²) in [4.78, 5) is 10.5. The third-order valence-corrected chi connectivity index (χ3v) is 134. The highest BCUT2D eigenvalue weighted by atomic mass is 33.4. The smallest absolute Gasteiger partial charge is 0.114 e. The summed E-state index contributed by atoms with van der Waals surface area (Å²) in [5, 5.41) is 0. The number of thiophene rings is 4. The van der Waals surface area contributed by atoms with Gasteiger partial charge in [-0.1, -0.05) is 214 Å². The molecule has 11 aromatic rings. The molecule has 0 radical (unpaired) electrons. The maximum absolute atomic E-state index is 4.97. The van der Waals surface area contributed by atoms with E-state index in [9.17, 15) is 0 Å². The topological polar surface area (TPSA) is 25.8 Å². The standard InChI is InChI=1S/C80H84N2S5.H20P18/c1-7-11-15-19-23-55-28-36-59(37-29-55)79(60-38-30-56(31-39-60)24-20-16-12-8-2)67-51-66-68(50-65(67)77-69(79)49-54(6)84-77)80(61-40-32-57(33-41-61)25-21-17-13-9-3,62-42-34-58(35-43-62)26-22-18-14-10-4)70-52-74(86-78(66)70)73-48-47-72(85-73)64-45-44-63(71-46-27-53(5)83-71)75-76(64)82-87-81-75;1-11(2)16(12(3)4)18(15(9)10)17(13(5)6)14(7)8/h27-52H,7-26H2,1-6H3;1-10H2. The van der Waals surface area contributed by atoms with Crippen molar-refractivity contribution in [1.82, 2.24) is 8.75 Å². The number of unbranched alkanes of at least 4 members (excludes halogenated alkanes) is 12. The molecule has 554 valence electrons. The second-order valence-corrected chi connectivity index (χ2v) is 103. The summed E-state index contributed by atoms with van der Waals surface area (Å²) in [7, 11) is 31.2. The molecule has 0 saturated carbocycles. The first-order valence-electron chi connectivity index (χ1n) is 37.0. The number of hydrogen-bond donors (Lipinski definition) is 0. The average Bonchev–Trinajstić information content (AvgIpc) is 1.50. The van der Waals surface area contributed by atoms with Crippen LogP contribution in [0.1, 0.15) is 207 Å². The van der Waals surface area contributed by atoms with Gasteiger partial charge in [0.25, 0.3) is 0 Å². The Bertz CT molecular complexity index is 4490. The molecule has 2 nitrogen and oxygen atoms in total. The van der Waals surface area contributed by atoms with Gasteiger partial charge in [-0.05, 0) is 248 Å². The lowest BCUT2D eigenvalue weighted by atomic mass is 9.65. The number of hydrogen-bond acceptors (Lipinski definition) is 7. The van der Waals surface area contributed by atoms with Crippen LogP contribution in [0, 0.1) is 13.8 Å². The largest absolute Gasteiger partial charge is 0.172 e. The summed E-state index contributed by atoms with van der Waals surface area (Å²) in [6, 6.07) is 64.2. The highest BCUT2D eigenvalue weighted by Gasteiger charge is 2.53. The predicted molar refractivity (Wildman–Crippen MR) is 533 cm³/mol. The minimum Gasteiger partial charge on any atom is -0.172 e. The first-order valence-corrected chi connectivity index (χ1v) is 72.8.